The molecule has 2 aromatic carbocycles. The molecule has 1 unspecified atom stereocenters. The highest BCUT2D eigenvalue weighted by molar-refractivity contribution is 7.91. The van der Waals surface area contributed by atoms with Crippen LogP contribution in [0.25, 0.3) is 22.0 Å². The molecule has 20 heteroatoms. The summed E-state index contributed by atoms with van der Waals surface area (Å²) in [5.74, 6) is -2.03. The lowest BCUT2D eigenvalue weighted by Gasteiger charge is -2.34. The van der Waals surface area contributed by atoms with Gasteiger partial charge in [0, 0.05) is 23.3 Å². The number of benzene rings is 2. The predicted molar refractivity (Wildman–Crippen MR) is 238 cm³/mol. The lowest BCUT2D eigenvalue weighted by atomic mass is 9.88. The number of methoxy groups -OCH3 is 1. The van der Waals surface area contributed by atoms with E-state index in [4.69, 9.17) is 28.7 Å². The molecule has 0 spiro atoms. The van der Waals surface area contributed by atoms with Crippen LogP contribution in [0.4, 0.5) is 18.0 Å². The van der Waals surface area contributed by atoms with Crippen LogP contribution < -0.4 is 34.3 Å². The average molecular weight is 956 g/mol. The number of nitrogens with zero attached hydrogens (tertiary/aromatic N) is 2. The second-order valence-corrected chi connectivity index (χ2v) is 21.4. The van der Waals surface area contributed by atoms with E-state index in [-0.39, 0.29) is 31.2 Å². The van der Waals surface area contributed by atoms with Crippen molar-refractivity contribution in [3.63, 3.8) is 0 Å². The van der Waals surface area contributed by atoms with Crippen molar-refractivity contribution in [3.8, 4) is 34.4 Å². The first-order valence-corrected chi connectivity index (χ1v) is 24.0. The van der Waals surface area contributed by atoms with Crippen LogP contribution in [-0.4, -0.2) is 109 Å². The van der Waals surface area contributed by atoms with Crippen LogP contribution in [0.5, 0.6) is 23.1 Å². The lowest BCUT2D eigenvalue weighted by molar-refractivity contribution is -0.244. The normalized spacial score (nSPS) is 27.8. The van der Waals surface area contributed by atoms with Crippen molar-refractivity contribution >= 4 is 44.6 Å². The summed E-state index contributed by atoms with van der Waals surface area (Å²) in [6.07, 6.45) is -1.62. The zero-order valence-electron chi connectivity index (χ0n) is 38.2. The smallest absolute Gasteiger partial charge is 0.427 e. The maximum absolute atomic E-state index is 15.0. The van der Waals surface area contributed by atoms with Gasteiger partial charge in [-0.3, -0.25) is 19.1 Å². The van der Waals surface area contributed by atoms with Gasteiger partial charge in [-0.2, -0.15) is 13.2 Å². The first-order chi connectivity index (χ1) is 31.5. The number of alkyl carbamates (subject to hydrolysis) is 1. The number of halogens is 3. The van der Waals surface area contributed by atoms with Crippen LogP contribution in [-0.2, 0) is 29.1 Å². The lowest BCUT2D eigenvalue weighted by Crippen LogP contribution is -2.59. The minimum atomic E-state index is -4.94. The summed E-state index contributed by atoms with van der Waals surface area (Å²) in [6, 6.07) is 9.66. The van der Waals surface area contributed by atoms with Gasteiger partial charge in [0.05, 0.1) is 24.1 Å². The topological polar surface area (TPSA) is 201 Å². The Kier molecular flexibility index (Phi) is 12.6. The van der Waals surface area contributed by atoms with Crippen molar-refractivity contribution < 1.29 is 64.5 Å². The molecule has 4 amide bonds. The molecule has 1 saturated heterocycles. The van der Waals surface area contributed by atoms with Gasteiger partial charge in [0.25, 0.3) is 5.91 Å². The van der Waals surface area contributed by atoms with Crippen LogP contribution in [0.3, 0.4) is 0 Å². The van der Waals surface area contributed by atoms with Crippen LogP contribution in [0.15, 0.2) is 54.6 Å². The Morgan fingerprint density at radius 1 is 1.00 bits per heavy atom. The molecule has 1 aromatic heterocycles. The van der Waals surface area contributed by atoms with Gasteiger partial charge >= 0.3 is 12.3 Å². The number of rotatable bonds is 9. The minimum absolute atomic E-state index is 0.0640. The van der Waals surface area contributed by atoms with E-state index in [1.165, 1.54) is 18.9 Å². The molecular weight excluding hydrogens is 900 g/mol. The molecule has 3 aliphatic heterocycles. The Labute approximate surface area is 386 Å². The number of ether oxygens (including phenoxy) is 5. The molecule has 2 saturated carbocycles. The van der Waals surface area contributed by atoms with Gasteiger partial charge in [0.2, 0.25) is 33.3 Å². The number of sulfonamides is 1. The van der Waals surface area contributed by atoms with Crippen molar-refractivity contribution in [2.75, 3.05) is 26.9 Å². The molecule has 8 rings (SSSR count). The predicted octanol–water partition coefficient (Wildman–Crippen LogP) is 6.35. The van der Waals surface area contributed by atoms with Crippen LogP contribution in [0.1, 0.15) is 79.6 Å². The van der Waals surface area contributed by atoms with Gasteiger partial charge in [0.1, 0.15) is 42.7 Å². The third-order valence-corrected chi connectivity index (χ3v) is 15.8. The molecule has 5 aliphatic rings. The highest BCUT2D eigenvalue weighted by Crippen LogP contribution is 2.48. The van der Waals surface area contributed by atoms with Gasteiger partial charge in [-0.25, -0.2) is 18.2 Å². The Morgan fingerprint density at radius 3 is 2.43 bits per heavy atom. The molecule has 3 fully saturated rings. The SMILES string of the molecule is COc1ccc2c(O[C@@H]3C[C@H]4C(=O)N[C@]5(C(=O)NS(=O)(=O)C6(C)CC6)CC5/C=C\CC[C@@H](C)C[C@@H](C)[C@H](NC(=O)OC(C)(C)C(F)(F)F)C(=O)N4C3)nc(-c3ccc4c(c3)OCCO4)cc2c1. The fourth-order valence-corrected chi connectivity index (χ4v) is 10.3. The first-order valence-electron chi connectivity index (χ1n) is 22.5. The van der Waals surface area contributed by atoms with E-state index in [9.17, 15) is 36.0 Å². The molecular formula is C47H56F3N5O11S. The third-order valence-electron chi connectivity index (χ3n) is 13.7. The molecule has 16 nitrogen and oxygen atoms in total. The summed E-state index contributed by atoms with van der Waals surface area (Å²) in [7, 11) is -2.58. The zero-order chi connectivity index (χ0) is 48.3. The number of fused-ring (bicyclic) bond motifs is 4. The summed E-state index contributed by atoms with van der Waals surface area (Å²) in [6.45, 7) is 7.05. The number of carbonyl (C=O) groups excluding carboxylic acids is 4. The monoisotopic (exact) mass is 955 g/mol. The number of amides is 4. The number of hydrogen-bond acceptors (Lipinski definition) is 12. The maximum Gasteiger partial charge on any atom is 0.427 e. The molecule has 67 heavy (non-hydrogen) atoms. The molecule has 2 aliphatic carbocycles. The fraction of sp³-hybridized carbons (Fsp3) is 0.553. The van der Waals surface area contributed by atoms with E-state index in [0.29, 0.717) is 98.4 Å². The summed E-state index contributed by atoms with van der Waals surface area (Å²) >= 11 is 0. The highest BCUT2D eigenvalue weighted by atomic mass is 32.2. The van der Waals surface area contributed by atoms with E-state index >= 15 is 4.79 Å². The van der Waals surface area contributed by atoms with Gasteiger partial charge < -0.3 is 39.2 Å². The van der Waals surface area contributed by atoms with Gasteiger partial charge in [-0.15, -0.1) is 0 Å². The fourth-order valence-electron chi connectivity index (χ4n) is 8.97. The number of nitrogens with one attached hydrogen (secondary N) is 3. The highest BCUT2D eigenvalue weighted by Gasteiger charge is 2.63. The molecule has 4 heterocycles. The second kappa shape index (κ2) is 17.7. The number of pyridine rings is 1. The largest absolute Gasteiger partial charge is 0.497 e. The molecule has 0 bridgehead atoms. The zero-order valence-corrected chi connectivity index (χ0v) is 39.0. The summed E-state index contributed by atoms with van der Waals surface area (Å²) in [4.78, 5) is 63.4. The van der Waals surface area contributed by atoms with Crippen LogP contribution in [0.2, 0.25) is 0 Å². The van der Waals surface area contributed by atoms with E-state index < -0.39 is 85.9 Å². The van der Waals surface area contributed by atoms with Gasteiger partial charge in [-0.05, 0) is 119 Å². The summed E-state index contributed by atoms with van der Waals surface area (Å²) in [5.41, 5.74) is -3.44. The van der Waals surface area contributed by atoms with E-state index in [1.807, 2.05) is 25.1 Å². The van der Waals surface area contributed by atoms with Crippen molar-refractivity contribution in [3.05, 3.63) is 54.6 Å². The van der Waals surface area contributed by atoms with E-state index in [2.05, 4.69) is 15.4 Å². The summed E-state index contributed by atoms with van der Waals surface area (Å²) in [5, 5.41) is 6.48. The second-order valence-electron chi connectivity index (χ2n) is 19.2. The van der Waals surface area contributed by atoms with Crippen molar-refractivity contribution in [2.24, 2.45) is 17.8 Å². The average Bonchev–Trinajstić information content (AvgIpc) is 4.15. The number of aromatic nitrogens is 1. The minimum Gasteiger partial charge on any atom is -0.497 e. The van der Waals surface area contributed by atoms with Crippen molar-refractivity contribution in [1.82, 2.24) is 25.2 Å². The number of hydrogen-bond donors (Lipinski definition) is 3. The maximum atomic E-state index is 15.0. The standard InChI is InChI=1S/C47H56F3N5O11S/c1-26-9-7-8-10-30-24-46(30,42(58)54-67(60,61)45(5)15-16-45)53-39(56)35-23-32(25-55(35)41(57)38(27(2)19-26)52-43(59)66-44(3,4)47(48,49)50)65-40-33-13-12-31(62-6)20-29(33)21-34(51-40)28-11-14-36-37(22-28)64-18-17-63-36/h8,10-14,20-22,26-27,30,32,35,38H,7,9,15-19,23-25H2,1-6H3,(H,52,59)(H,53,56)(H,54,58)/b10-8-/t26-,27-,30?,32-,35+,38+,46-/m1/s1. The molecule has 7 atom stereocenters. The van der Waals surface area contributed by atoms with Crippen LogP contribution >= 0.6 is 0 Å². The molecule has 3 aromatic rings. The van der Waals surface area contributed by atoms with E-state index in [1.54, 1.807) is 43.3 Å². The Morgan fingerprint density at radius 2 is 1.73 bits per heavy atom. The molecule has 362 valence electrons. The number of allylic oxidation sites excluding steroid dienone is 1. The molecule has 3 N–H and O–H groups in total. The Bertz CT molecular complexity index is 2600. The first kappa shape index (κ1) is 47.7. The molecule has 0 radical (unpaired) electrons. The van der Waals surface area contributed by atoms with Crippen LogP contribution in [0, 0.1) is 17.8 Å². The Balaban J connectivity index is 1.16. The van der Waals surface area contributed by atoms with Crippen molar-refractivity contribution in [2.45, 2.75) is 120 Å². The Hall–Kier alpha value is -5.79. The number of carbonyl (C=O) groups is 4. The van der Waals surface area contributed by atoms with E-state index in [0.717, 1.165) is 0 Å². The quantitative estimate of drug-likeness (QED) is 0.201. The summed E-state index contributed by atoms with van der Waals surface area (Å²) < 4.78 is 98.0. The number of alkyl halides is 3. The van der Waals surface area contributed by atoms with Crippen molar-refractivity contribution in [1.29, 1.82) is 0 Å². The van der Waals surface area contributed by atoms with Gasteiger partial charge in [-0.1, -0.05) is 26.0 Å². The van der Waals surface area contributed by atoms with Gasteiger partial charge in [0.15, 0.2) is 11.5 Å². The third kappa shape index (κ3) is 9.68.